The molecule has 0 aliphatic heterocycles. The molecular weight excluding hydrogens is 250 g/mol. The Morgan fingerprint density at radius 1 is 1.00 bits per heavy atom. The summed E-state index contributed by atoms with van der Waals surface area (Å²) in [5.41, 5.74) is 4.16. The van der Waals surface area contributed by atoms with Crippen LogP contribution in [-0.2, 0) is 0 Å². The maximum atomic E-state index is 11.4. The van der Waals surface area contributed by atoms with Crippen LogP contribution in [0, 0.1) is 6.92 Å². The predicted octanol–water partition coefficient (Wildman–Crippen LogP) is 3.51. The molecule has 3 aromatic rings. The molecule has 0 unspecified atom stereocenters. The van der Waals surface area contributed by atoms with E-state index in [4.69, 9.17) is 4.74 Å². The molecular formula is C17H15NO2. The summed E-state index contributed by atoms with van der Waals surface area (Å²) in [4.78, 5) is 14.3. The van der Waals surface area contributed by atoms with Gasteiger partial charge in [0.15, 0.2) is 0 Å². The fourth-order valence-corrected chi connectivity index (χ4v) is 2.49. The summed E-state index contributed by atoms with van der Waals surface area (Å²) in [6.45, 7) is 2.06. The van der Waals surface area contributed by atoms with Crippen LogP contribution >= 0.6 is 0 Å². The van der Waals surface area contributed by atoms with Crippen LogP contribution in [-0.4, -0.2) is 12.1 Å². The zero-order valence-electron chi connectivity index (χ0n) is 11.4. The summed E-state index contributed by atoms with van der Waals surface area (Å²) in [7, 11) is 1.66. The molecule has 1 aromatic heterocycles. The molecule has 0 saturated heterocycles. The number of H-pyrrole nitrogens is 1. The second kappa shape index (κ2) is 4.85. The van der Waals surface area contributed by atoms with E-state index in [2.05, 4.69) is 18.0 Å². The van der Waals surface area contributed by atoms with Gasteiger partial charge in [-0.3, -0.25) is 4.79 Å². The molecule has 3 nitrogen and oxygen atoms in total. The summed E-state index contributed by atoms with van der Waals surface area (Å²) in [6.07, 6.45) is 0. The van der Waals surface area contributed by atoms with Crippen LogP contribution in [0.2, 0.25) is 0 Å². The van der Waals surface area contributed by atoms with E-state index in [0.717, 1.165) is 33.3 Å². The Bertz CT molecular complexity index is 834. The molecule has 1 heterocycles. The fraction of sp³-hybridized carbons (Fsp3) is 0.118. The van der Waals surface area contributed by atoms with Gasteiger partial charge in [0.1, 0.15) is 5.75 Å². The molecule has 3 rings (SSSR count). The van der Waals surface area contributed by atoms with Gasteiger partial charge in [-0.1, -0.05) is 18.2 Å². The van der Waals surface area contributed by atoms with Crippen LogP contribution in [0.5, 0.6) is 5.75 Å². The van der Waals surface area contributed by atoms with Gasteiger partial charge in [0.05, 0.1) is 7.11 Å². The normalized spacial score (nSPS) is 10.7. The Labute approximate surface area is 116 Å². The molecule has 0 aliphatic rings. The Kier molecular flexibility index (Phi) is 3.03. The lowest BCUT2D eigenvalue weighted by molar-refractivity contribution is 0.414. The van der Waals surface area contributed by atoms with E-state index < -0.39 is 0 Å². The zero-order chi connectivity index (χ0) is 14.1. The average Bonchev–Trinajstić information content (AvgIpc) is 2.46. The van der Waals surface area contributed by atoms with E-state index in [-0.39, 0.29) is 5.56 Å². The number of hydrogen-bond donors (Lipinski definition) is 1. The third-order valence-electron chi connectivity index (χ3n) is 3.49. The Balaban J connectivity index is 2.27. The second-order valence-electron chi connectivity index (χ2n) is 4.77. The molecule has 0 radical (unpaired) electrons. The molecule has 0 saturated carbocycles. The summed E-state index contributed by atoms with van der Waals surface area (Å²) in [5, 5.41) is 1.04. The van der Waals surface area contributed by atoms with Crippen LogP contribution in [0.25, 0.3) is 22.0 Å². The monoisotopic (exact) mass is 265 g/mol. The fourth-order valence-electron chi connectivity index (χ4n) is 2.49. The van der Waals surface area contributed by atoms with Gasteiger partial charge in [0, 0.05) is 17.0 Å². The molecule has 0 fully saturated rings. The van der Waals surface area contributed by atoms with Crippen LogP contribution in [0.1, 0.15) is 5.56 Å². The number of rotatable bonds is 2. The minimum Gasteiger partial charge on any atom is -0.497 e. The molecule has 3 heteroatoms. The lowest BCUT2D eigenvalue weighted by Crippen LogP contribution is -2.02. The van der Waals surface area contributed by atoms with Crippen molar-refractivity contribution in [3.05, 3.63) is 64.4 Å². The second-order valence-corrected chi connectivity index (χ2v) is 4.77. The lowest BCUT2D eigenvalue weighted by Gasteiger charge is -2.11. The van der Waals surface area contributed by atoms with Gasteiger partial charge in [0.25, 0.3) is 0 Å². The SMILES string of the molecule is COc1ccc(-c2cccc3[nH]c(=O)ccc23)c(C)c1. The number of pyridine rings is 1. The van der Waals surface area contributed by atoms with Gasteiger partial charge in [-0.25, -0.2) is 0 Å². The Hall–Kier alpha value is -2.55. The highest BCUT2D eigenvalue weighted by atomic mass is 16.5. The minimum absolute atomic E-state index is 0.0823. The average molecular weight is 265 g/mol. The molecule has 0 atom stereocenters. The van der Waals surface area contributed by atoms with Crippen molar-refractivity contribution < 1.29 is 4.74 Å². The number of hydrogen-bond acceptors (Lipinski definition) is 2. The van der Waals surface area contributed by atoms with Gasteiger partial charge in [0.2, 0.25) is 5.56 Å². The number of aryl methyl sites for hydroxylation is 1. The summed E-state index contributed by atoms with van der Waals surface area (Å²) >= 11 is 0. The van der Waals surface area contributed by atoms with Crippen molar-refractivity contribution in [2.24, 2.45) is 0 Å². The van der Waals surface area contributed by atoms with Crippen LogP contribution in [0.3, 0.4) is 0 Å². The summed E-state index contributed by atoms with van der Waals surface area (Å²) in [5.74, 6) is 0.847. The van der Waals surface area contributed by atoms with Gasteiger partial charge in [-0.15, -0.1) is 0 Å². The van der Waals surface area contributed by atoms with E-state index in [1.54, 1.807) is 13.2 Å². The highest BCUT2D eigenvalue weighted by Crippen LogP contribution is 2.31. The van der Waals surface area contributed by atoms with Crippen molar-refractivity contribution in [2.45, 2.75) is 6.92 Å². The first-order valence-electron chi connectivity index (χ1n) is 6.46. The summed E-state index contributed by atoms with van der Waals surface area (Å²) < 4.78 is 5.24. The van der Waals surface area contributed by atoms with Gasteiger partial charge in [-0.2, -0.15) is 0 Å². The number of aromatic amines is 1. The summed E-state index contributed by atoms with van der Waals surface area (Å²) in [6, 6.07) is 15.4. The van der Waals surface area contributed by atoms with E-state index in [0.29, 0.717) is 0 Å². The molecule has 0 aliphatic carbocycles. The van der Waals surface area contributed by atoms with Crippen molar-refractivity contribution in [1.82, 2.24) is 4.98 Å². The third kappa shape index (κ3) is 2.07. The molecule has 0 spiro atoms. The smallest absolute Gasteiger partial charge is 0.248 e. The zero-order valence-corrected chi connectivity index (χ0v) is 11.4. The first-order valence-corrected chi connectivity index (χ1v) is 6.46. The molecule has 100 valence electrons. The standard InChI is InChI=1S/C17H15NO2/c1-11-10-12(20-2)6-7-13(11)14-4-3-5-16-15(14)8-9-17(19)18-16/h3-10H,1-2H3,(H,18,19). The molecule has 2 aromatic carbocycles. The van der Waals surface area contributed by atoms with Gasteiger partial charge >= 0.3 is 0 Å². The van der Waals surface area contributed by atoms with Gasteiger partial charge in [-0.05, 0) is 47.9 Å². The maximum Gasteiger partial charge on any atom is 0.248 e. The van der Waals surface area contributed by atoms with E-state index >= 15 is 0 Å². The Morgan fingerprint density at radius 2 is 1.85 bits per heavy atom. The third-order valence-corrected chi connectivity index (χ3v) is 3.49. The number of aromatic nitrogens is 1. The quantitative estimate of drug-likeness (QED) is 0.770. The van der Waals surface area contributed by atoms with E-state index in [1.165, 1.54) is 0 Å². The molecule has 0 amide bonds. The van der Waals surface area contributed by atoms with Crippen molar-refractivity contribution >= 4 is 10.9 Å². The molecule has 0 bridgehead atoms. The largest absolute Gasteiger partial charge is 0.497 e. The van der Waals surface area contributed by atoms with E-state index in [1.807, 2.05) is 36.4 Å². The number of fused-ring (bicyclic) bond motifs is 1. The van der Waals surface area contributed by atoms with Crippen LogP contribution < -0.4 is 10.3 Å². The van der Waals surface area contributed by atoms with Crippen LogP contribution in [0.4, 0.5) is 0 Å². The van der Waals surface area contributed by atoms with Crippen molar-refractivity contribution in [1.29, 1.82) is 0 Å². The molecule has 20 heavy (non-hydrogen) atoms. The van der Waals surface area contributed by atoms with Crippen LogP contribution in [0.15, 0.2) is 53.3 Å². The number of ether oxygens (including phenoxy) is 1. The van der Waals surface area contributed by atoms with E-state index in [9.17, 15) is 4.79 Å². The van der Waals surface area contributed by atoms with Crippen molar-refractivity contribution in [3.8, 4) is 16.9 Å². The maximum absolute atomic E-state index is 11.4. The topological polar surface area (TPSA) is 42.1 Å². The highest BCUT2D eigenvalue weighted by Gasteiger charge is 2.07. The first kappa shape index (κ1) is 12.5. The first-order chi connectivity index (χ1) is 9.69. The predicted molar refractivity (Wildman–Crippen MR) is 81.3 cm³/mol. The molecule has 1 N–H and O–H groups in total. The van der Waals surface area contributed by atoms with Crippen molar-refractivity contribution in [3.63, 3.8) is 0 Å². The van der Waals surface area contributed by atoms with Crippen molar-refractivity contribution in [2.75, 3.05) is 7.11 Å². The number of methoxy groups -OCH3 is 1. The highest BCUT2D eigenvalue weighted by molar-refractivity contribution is 5.95. The minimum atomic E-state index is -0.0823. The van der Waals surface area contributed by atoms with Gasteiger partial charge < -0.3 is 9.72 Å². The Morgan fingerprint density at radius 3 is 2.60 bits per heavy atom. The number of nitrogens with one attached hydrogen (secondary N) is 1. The number of benzene rings is 2. The lowest BCUT2D eigenvalue weighted by atomic mass is 9.96.